The summed E-state index contributed by atoms with van der Waals surface area (Å²) in [6.07, 6.45) is -0.939. The van der Waals surface area contributed by atoms with Crippen molar-refractivity contribution in [2.45, 2.75) is 12.1 Å². The highest BCUT2D eigenvalue weighted by atomic mass is 16.7. The molecule has 0 saturated carbocycles. The van der Waals surface area contributed by atoms with E-state index in [0.29, 0.717) is 17.2 Å². The standard InChI is InChI=1S/C29H24N2O5/c1-34-21-14-10-19(11-15-21)26-25-27(36-31(26)20-12-16-22(35-2)17-13-20)29(33)30(28(25)32)24-9-5-7-18-6-3-4-8-23(18)24/h3-17,25-27H,1-2H3/t25-,26+,27+/m1/s1. The van der Waals surface area contributed by atoms with Crippen LogP contribution in [0.1, 0.15) is 11.6 Å². The molecule has 0 N–H and O–H groups in total. The van der Waals surface area contributed by atoms with Crippen LogP contribution in [0.15, 0.2) is 91.0 Å². The average molecular weight is 481 g/mol. The Hall–Kier alpha value is -4.36. The van der Waals surface area contributed by atoms with Gasteiger partial charge in [-0.2, -0.15) is 0 Å². The van der Waals surface area contributed by atoms with E-state index in [2.05, 4.69) is 0 Å². The summed E-state index contributed by atoms with van der Waals surface area (Å²) in [5.41, 5.74) is 2.15. The Morgan fingerprint density at radius 3 is 2.06 bits per heavy atom. The highest BCUT2D eigenvalue weighted by Crippen LogP contribution is 2.48. The number of carbonyl (C=O) groups is 2. The van der Waals surface area contributed by atoms with E-state index in [0.717, 1.165) is 22.0 Å². The first-order valence-electron chi connectivity index (χ1n) is 11.7. The van der Waals surface area contributed by atoms with E-state index in [1.54, 1.807) is 19.3 Å². The Morgan fingerprint density at radius 2 is 1.36 bits per heavy atom. The summed E-state index contributed by atoms with van der Waals surface area (Å²) in [5.74, 6) is 0.0471. The van der Waals surface area contributed by atoms with Crippen LogP contribution >= 0.6 is 0 Å². The van der Waals surface area contributed by atoms with Crippen LogP contribution < -0.4 is 19.4 Å². The van der Waals surface area contributed by atoms with Crippen LogP contribution in [-0.4, -0.2) is 32.1 Å². The van der Waals surface area contributed by atoms with E-state index in [1.165, 1.54) is 4.90 Å². The predicted octanol–water partition coefficient (Wildman–Crippen LogP) is 4.91. The first-order chi connectivity index (χ1) is 17.6. The van der Waals surface area contributed by atoms with Gasteiger partial charge < -0.3 is 9.47 Å². The van der Waals surface area contributed by atoms with Crippen LogP contribution in [0.4, 0.5) is 11.4 Å². The maximum absolute atomic E-state index is 14.0. The normalized spacial score (nSPS) is 21.2. The fourth-order valence-corrected chi connectivity index (χ4v) is 5.15. The van der Waals surface area contributed by atoms with Gasteiger partial charge in [0.15, 0.2) is 6.10 Å². The molecule has 0 aromatic heterocycles. The zero-order chi connectivity index (χ0) is 24.8. The molecule has 2 fully saturated rings. The second-order valence-corrected chi connectivity index (χ2v) is 8.80. The van der Waals surface area contributed by atoms with Gasteiger partial charge in [-0.15, -0.1) is 0 Å². The largest absolute Gasteiger partial charge is 0.497 e. The Kier molecular flexibility index (Phi) is 5.34. The Balaban J connectivity index is 1.44. The third-order valence-electron chi connectivity index (χ3n) is 6.91. The fraction of sp³-hybridized carbons (Fsp3) is 0.172. The van der Waals surface area contributed by atoms with E-state index < -0.39 is 18.1 Å². The molecule has 2 saturated heterocycles. The van der Waals surface area contributed by atoms with E-state index in [9.17, 15) is 9.59 Å². The topological polar surface area (TPSA) is 68.3 Å². The quantitative estimate of drug-likeness (QED) is 0.378. The van der Waals surface area contributed by atoms with E-state index in [4.69, 9.17) is 14.3 Å². The molecule has 0 aliphatic carbocycles. The Morgan fingerprint density at radius 1 is 0.722 bits per heavy atom. The molecule has 3 atom stereocenters. The SMILES string of the molecule is COc1ccc([C@H]2[C@H]3C(=O)N(c4cccc5ccccc45)C(=O)[C@H]3ON2c2ccc(OC)cc2)cc1. The number of fused-ring (bicyclic) bond motifs is 2. The van der Waals surface area contributed by atoms with Crippen molar-refractivity contribution < 1.29 is 23.9 Å². The van der Waals surface area contributed by atoms with Crippen molar-refractivity contribution in [3.05, 3.63) is 96.6 Å². The third kappa shape index (κ3) is 3.39. The monoisotopic (exact) mass is 480 g/mol. The maximum atomic E-state index is 14.0. The van der Waals surface area contributed by atoms with Crippen LogP contribution in [0.5, 0.6) is 11.5 Å². The molecule has 7 nitrogen and oxygen atoms in total. The molecular formula is C29H24N2O5. The first kappa shape index (κ1) is 22.1. The highest BCUT2D eigenvalue weighted by molar-refractivity contribution is 6.26. The number of methoxy groups -OCH3 is 2. The zero-order valence-electron chi connectivity index (χ0n) is 19.8. The summed E-state index contributed by atoms with van der Waals surface area (Å²) in [6, 6.07) is 27.7. The molecule has 2 aliphatic heterocycles. The number of hydrogen-bond acceptors (Lipinski definition) is 6. The van der Waals surface area contributed by atoms with Crippen molar-refractivity contribution in [3.63, 3.8) is 0 Å². The number of carbonyl (C=O) groups excluding carboxylic acids is 2. The number of hydroxylamine groups is 1. The van der Waals surface area contributed by atoms with Gasteiger partial charge >= 0.3 is 0 Å². The van der Waals surface area contributed by atoms with Gasteiger partial charge in [0, 0.05) is 5.39 Å². The van der Waals surface area contributed by atoms with Crippen molar-refractivity contribution in [2.24, 2.45) is 5.92 Å². The first-order valence-corrected chi connectivity index (χ1v) is 11.7. The number of imide groups is 1. The molecule has 36 heavy (non-hydrogen) atoms. The summed E-state index contributed by atoms with van der Waals surface area (Å²) in [5, 5.41) is 3.47. The molecule has 7 heteroatoms. The van der Waals surface area contributed by atoms with Gasteiger partial charge in [0.05, 0.1) is 31.6 Å². The van der Waals surface area contributed by atoms with Gasteiger partial charge in [0.2, 0.25) is 5.91 Å². The Labute approximate surface area is 208 Å². The van der Waals surface area contributed by atoms with Gasteiger partial charge in [0.1, 0.15) is 17.4 Å². The van der Waals surface area contributed by atoms with Crippen molar-refractivity contribution in [3.8, 4) is 11.5 Å². The van der Waals surface area contributed by atoms with Gasteiger partial charge in [-0.25, -0.2) is 9.96 Å². The summed E-state index contributed by atoms with van der Waals surface area (Å²) in [7, 11) is 3.21. The van der Waals surface area contributed by atoms with Crippen LogP contribution in [0, 0.1) is 5.92 Å². The number of hydrogen-bond donors (Lipinski definition) is 0. The van der Waals surface area contributed by atoms with Crippen molar-refractivity contribution in [1.82, 2.24) is 0 Å². The fourth-order valence-electron chi connectivity index (χ4n) is 5.15. The molecular weight excluding hydrogens is 456 g/mol. The second kappa shape index (κ2) is 8.70. The zero-order valence-corrected chi connectivity index (χ0v) is 19.8. The third-order valence-corrected chi connectivity index (χ3v) is 6.91. The smallest absolute Gasteiger partial charge is 0.266 e. The van der Waals surface area contributed by atoms with Crippen molar-refractivity contribution in [2.75, 3.05) is 24.2 Å². The van der Waals surface area contributed by atoms with Gasteiger partial charge in [-0.3, -0.25) is 14.4 Å². The molecule has 2 aliphatic rings. The summed E-state index contributed by atoms with van der Waals surface area (Å²) in [4.78, 5) is 35.2. The molecule has 0 spiro atoms. The summed E-state index contributed by atoms with van der Waals surface area (Å²) >= 11 is 0. The highest BCUT2D eigenvalue weighted by Gasteiger charge is 2.60. The van der Waals surface area contributed by atoms with Crippen LogP contribution in [0.25, 0.3) is 10.8 Å². The van der Waals surface area contributed by atoms with Gasteiger partial charge in [-0.05, 0) is 53.4 Å². The molecule has 0 unspecified atom stereocenters. The lowest BCUT2D eigenvalue weighted by atomic mass is 9.90. The lowest BCUT2D eigenvalue weighted by Crippen LogP contribution is -2.37. The van der Waals surface area contributed by atoms with Gasteiger partial charge in [-0.1, -0.05) is 48.5 Å². The van der Waals surface area contributed by atoms with Gasteiger partial charge in [0.25, 0.3) is 5.91 Å². The average Bonchev–Trinajstić information content (AvgIpc) is 3.44. The number of anilines is 2. The molecule has 2 amide bonds. The minimum absolute atomic E-state index is 0.279. The lowest BCUT2D eigenvalue weighted by Gasteiger charge is -2.29. The van der Waals surface area contributed by atoms with Crippen molar-refractivity contribution >= 4 is 34.0 Å². The Bertz CT molecular complexity index is 1450. The van der Waals surface area contributed by atoms with Crippen LogP contribution in [0.2, 0.25) is 0 Å². The van der Waals surface area contributed by atoms with E-state index >= 15 is 0 Å². The molecule has 6 rings (SSSR count). The molecule has 0 bridgehead atoms. The summed E-state index contributed by atoms with van der Waals surface area (Å²) in [6.45, 7) is 0. The molecule has 4 aromatic carbocycles. The number of ether oxygens (including phenoxy) is 2. The number of rotatable bonds is 5. The maximum Gasteiger partial charge on any atom is 0.266 e. The number of amides is 2. The van der Waals surface area contributed by atoms with Crippen molar-refractivity contribution in [1.29, 1.82) is 0 Å². The predicted molar refractivity (Wildman–Crippen MR) is 136 cm³/mol. The number of benzene rings is 4. The lowest BCUT2D eigenvalue weighted by molar-refractivity contribution is -0.126. The molecule has 180 valence electrons. The minimum atomic E-state index is -0.939. The molecule has 0 radical (unpaired) electrons. The molecule has 2 heterocycles. The summed E-state index contributed by atoms with van der Waals surface area (Å²) < 4.78 is 10.6. The molecule has 4 aromatic rings. The van der Waals surface area contributed by atoms with E-state index in [1.807, 2.05) is 91.0 Å². The number of nitrogens with zero attached hydrogens (tertiary/aromatic N) is 2. The van der Waals surface area contributed by atoms with Crippen LogP contribution in [0.3, 0.4) is 0 Å². The second-order valence-electron chi connectivity index (χ2n) is 8.80. The minimum Gasteiger partial charge on any atom is -0.497 e. The van der Waals surface area contributed by atoms with E-state index in [-0.39, 0.29) is 11.8 Å². The van der Waals surface area contributed by atoms with Crippen LogP contribution in [-0.2, 0) is 14.4 Å².